The first-order chi connectivity index (χ1) is 10.9. The highest BCUT2D eigenvalue weighted by molar-refractivity contribution is 6.34. The van der Waals surface area contributed by atoms with Gasteiger partial charge in [0, 0.05) is 17.7 Å². The van der Waals surface area contributed by atoms with E-state index in [1.54, 1.807) is 0 Å². The molecule has 2 aromatic rings. The van der Waals surface area contributed by atoms with Crippen molar-refractivity contribution in [2.45, 2.75) is 0 Å². The topological polar surface area (TPSA) is 98.5 Å². The van der Waals surface area contributed by atoms with Gasteiger partial charge in [0.2, 0.25) is 0 Å². The van der Waals surface area contributed by atoms with E-state index < -0.39 is 16.8 Å². The van der Waals surface area contributed by atoms with E-state index in [0.717, 1.165) is 6.07 Å². The van der Waals surface area contributed by atoms with E-state index in [4.69, 9.17) is 11.6 Å². The SMILES string of the molecule is COC(=O)c1ccc(Cl)c(NC(=O)c2cccc([N+](=O)[O-])c2)c1. The Morgan fingerprint density at radius 2 is 1.91 bits per heavy atom. The number of esters is 1. The number of nitro groups is 1. The Morgan fingerprint density at radius 3 is 2.57 bits per heavy atom. The molecule has 0 radical (unpaired) electrons. The van der Waals surface area contributed by atoms with E-state index in [0.29, 0.717) is 0 Å². The van der Waals surface area contributed by atoms with E-state index in [1.807, 2.05) is 0 Å². The van der Waals surface area contributed by atoms with E-state index in [1.165, 1.54) is 43.5 Å². The third-order valence-corrected chi connectivity index (χ3v) is 3.28. The minimum atomic E-state index is -0.596. The third-order valence-electron chi connectivity index (χ3n) is 2.95. The minimum absolute atomic E-state index is 0.0961. The molecule has 0 heterocycles. The molecule has 0 saturated carbocycles. The fourth-order valence-corrected chi connectivity index (χ4v) is 1.99. The Morgan fingerprint density at radius 1 is 1.17 bits per heavy atom. The van der Waals surface area contributed by atoms with Crippen molar-refractivity contribution in [3.63, 3.8) is 0 Å². The number of nitrogens with one attached hydrogen (secondary N) is 1. The Bertz CT molecular complexity index is 791. The normalized spacial score (nSPS) is 10.0. The number of hydrogen-bond acceptors (Lipinski definition) is 5. The second-order valence-electron chi connectivity index (χ2n) is 4.45. The van der Waals surface area contributed by atoms with Crippen LogP contribution in [0.15, 0.2) is 42.5 Å². The zero-order chi connectivity index (χ0) is 17.0. The molecule has 0 aliphatic heterocycles. The second-order valence-corrected chi connectivity index (χ2v) is 4.85. The summed E-state index contributed by atoms with van der Waals surface area (Å²) < 4.78 is 4.59. The lowest BCUT2D eigenvalue weighted by Gasteiger charge is -2.09. The van der Waals surface area contributed by atoms with Crippen LogP contribution in [0.5, 0.6) is 0 Å². The number of carbonyl (C=O) groups excluding carboxylic acids is 2. The zero-order valence-corrected chi connectivity index (χ0v) is 12.7. The van der Waals surface area contributed by atoms with Crippen LogP contribution in [-0.4, -0.2) is 23.9 Å². The number of carbonyl (C=O) groups is 2. The van der Waals surface area contributed by atoms with E-state index in [9.17, 15) is 19.7 Å². The Hall–Kier alpha value is -2.93. The summed E-state index contributed by atoms with van der Waals surface area (Å²) in [5, 5.41) is 13.5. The van der Waals surface area contributed by atoms with Crippen LogP contribution < -0.4 is 5.32 Å². The fourth-order valence-electron chi connectivity index (χ4n) is 1.82. The highest BCUT2D eigenvalue weighted by atomic mass is 35.5. The number of amides is 1. The number of rotatable bonds is 4. The van der Waals surface area contributed by atoms with Crippen molar-refractivity contribution in [3.05, 3.63) is 68.7 Å². The van der Waals surface area contributed by atoms with Crippen molar-refractivity contribution in [1.82, 2.24) is 0 Å². The maximum absolute atomic E-state index is 12.2. The lowest BCUT2D eigenvalue weighted by molar-refractivity contribution is -0.384. The summed E-state index contributed by atoms with van der Waals surface area (Å²) in [5.74, 6) is -1.16. The van der Waals surface area contributed by atoms with Gasteiger partial charge in [-0.25, -0.2) is 4.79 Å². The lowest BCUT2D eigenvalue weighted by Crippen LogP contribution is -2.13. The Labute approximate surface area is 136 Å². The number of nitro benzene ring substituents is 1. The van der Waals surface area contributed by atoms with Gasteiger partial charge >= 0.3 is 5.97 Å². The monoisotopic (exact) mass is 334 g/mol. The van der Waals surface area contributed by atoms with E-state index >= 15 is 0 Å². The van der Waals surface area contributed by atoms with Crippen LogP contribution in [0, 0.1) is 10.1 Å². The molecule has 0 aliphatic rings. The zero-order valence-electron chi connectivity index (χ0n) is 11.9. The van der Waals surface area contributed by atoms with Gasteiger partial charge in [-0.2, -0.15) is 0 Å². The first-order valence-corrected chi connectivity index (χ1v) is 6.74. The van der Waals surface area contributed by atoms with Crippen LogP contribution in [0.4, 0.5) is 11.4 Å². The number of ether oxygens (including phenoxy) is 1. The highest BCUT2D eigenvalue weighted by Gasteiger charge is 2.14. The van der Waals surface area contributed by atoms with Crippen LogP contribution in [0.2, 0.25) is 5.02 Å². The van der Waals surface area contributed by atoms with Gasteiger partial charge in [-0.3, -0.25) is 14.9 Å². The van der Waals surface area contributed by atoms with Gasteiger partial charge in [-0.15, -0.1) is 0 Å². The summed E-state index contributed by atoms with van der Waals surface area (Å²) in [6.45, 7) is 0. The first kappa shape index (κ1) is 16.4. The number of nitrogens with zero attached hydrogens (tertiary/aromatic N) is 1. The van der Waals surface area contributed by atoms with Gasteiger partial charge in [0.15, 0.2) is 0 Å². The van der Waals surface area contributed by atoms with Crippen LogP contribution >= 0.6 is 11.6 Å². The third kappa shape index (κ3) is 3.83. The van der Waals surface area contributed by atoms with Gasteiger partial charge in [0.05, 0.1) is 28.3 Å². The lowest BCUT2D eigenvalue weighted by atomic mass is 10.1. The van der Waals surface area contributed by atoms with Crippen LogP contribution in [0.3, 0.4) is 0 Å². The summed E-state index contributed by atoms with van der Waals surface area (Å²) in [4.78, 5) is 33.8. The molecule has 0 aromatic heterocycles. The molecular weight excluding hydrogens is 324 g/mol. The fraction of sp³-hybridized carbons (Fsp3) is 0.0667. The molecule has 0 saturated heterocycles. The molecule has 23 heavy (non-hydrogen) atoms. The number of benzene rings is 2. The summed E-state index contributed by atoms with van der Waals surface area (Å²) >= 11 is 5.98. The molecule has 8 heteroatoms. The second kappa shape index (κ2) is 6.89. The van der Waals surface area contributed by atoms with Crippen molar-refractivity contribution >= 4 is 34.9 Å². The van der Waals surface area contributed by atoms with Crippen molar-refractivity contribution in [2.24, 2.45) is 0 Å². The van der Waals surface area contributed by atoms with Gasteiger partial charge in [-0.05, 0) is 24.3 Å². The van der Waals surface area contributed by atoms with Gasteiger partial charge < -0.3 is 10.1 Å². The van der Waals surface area contributed by atoms with Gasteiger partial charge in [-0.1, -0.05) is 17.7 Å². The standard InChI is InChI=1S/C15H11ClN2O5/c1-23-15(20)10-5-6-12(16)13(8-10)17-14(19)9-3-2-4-11(7-9)18(21)22/h2-8H,1H3,(H,17,19). The number of hydrogen-bond donors (Lipinski definition) is 1. The van der Waals surface area contributed by atoms with Crippen molar-refractivity contribution in [1.29, 1.82) is 0 Å². The average Bonchev–Trinajstić information content (AvgIpc) is 2.56. The molecule has 0 bridgehead atoms. The molecule has 118 valence electrons. The van der Waals surface area contributed by atoms with Crippen LogP contribution in [0.25, 0.3) is 0 Å². The molecule has 1 amide bonds. The molecule has 2 rings (SSSR count). The molecule has 0 aliphatic carbocycles. The molecule has 0 atom stereocenters. The quantitative estimate of drug-likeness (QED) is 0.525. The number of halogens is 1. The summed E-state index contributed by atoms with van der Waals surface area (Å²) in [5.41, 5.74) is 0.308. The van der Waals surface area contributed by atoms with Crippen LogP contribution in [-0.2, 0) is 4.74 Å². The molecule has 0 fully saturated rings. The Balaban J connectivity index is 2.28. The summed E-state index contributed by atoms with van der Waals surface area (Å²) in [6.07, 6.45) is 0. The average molecular weight is 335 g/mol. The maximum Gasteiger partial charge on any atom is 0.337 e. The van der Waals surface area contributed by atoms with Gasteiger partial charge in [0.1, 0.15) is 0 Å². The number of methoxy groups -OCH3 is 1. The summed E-state index contributed by atoms with van der Waals surface area (Å²) in [6, 6.07) is 9.52. The molecular formula is C15H11ClN2O5. The maximum atomic E-state index is 12.2. The summed E-state index contributed by atoms with van der Waals surface area (Å²) in [7, 11) is 1.23. The minimum Gasteiger partial charge on any atom is -0.465 e. The number of anilines is 1. The smallest absolute Gasteiger partial charge is 0.337 e. The molecule has 2 aromatic carbocycles. The molecule has 0 spiro atoms. The largest absolute Gasteiger partial charge is 0.465 e. The van der Waals surface area contributed by atoms with Gasteiger partial charge in [0.25, 0.3) is 11.6 Å². The molecule has 7 nitrogen and oxygen atoms in total. The highest BCUT2D eigenvalue weighted by Crippen LogP contribution is 2.24. The van der Waals surface area contributed by atoms with Crippen molar-refractivity contribution < 1.29 is 19.2 Å². The predicted octanol–water partition coefficient (Wildman–Crippen LogP) is 3.29. The number of non-ortho nitro benzene ring substituents is 1. The van der Waals surface area contributed by atoms with Crippen molar-refractivity contribution in [2.75, 3.05) is 12.4 Å². The van der Waals surface area contributed by atoms with Crippen LogP contribution in [0.1, 0.15) is 20.7 Å². The van der Waals surface area contributed by atoms with E-state index in [2.05, 4.69) is 10.1 Å². The predicted molar refractivity (Wildman–Crippen MR) is 83.8 cm³/mol. The van der Waals surface area contributed by atoms with Crippen molar-refractivity contribution in [3.8, 4) is 0 Å². The Kier molecular flexibility index (Phi) is 4.92. The first-order valence-electron chi connectivity index (χ1n) is 6.36. The molecule has 0 unspecified atom stereocenters. The van der Waals surface area contributed by atoms with E-state index in [-0.39, 0.29) is 27.5 Å². The molecule has 1 N–H and O–H groups in total.